The third-order valence-corrected chi connectivity index (χ3v) is 0.919. The summed E-state index contributed by atoms with van der Waals surface area (Å²) in [5.41, 5.74) is 0. The molecule has 0 aromatic carbocycles. The standard InChI is InChI=1S/C6H12N2O3/c7-11-5-4-8-3-1-2-6(9)10/h1-2,8H,3-5,7H2,(H,9,10). The molecule has 0 aliphatic carbocycles. The first-order valence-electron chi connectivity index (χ1n) is 3.19. The van der Waals surface area contributed by atoms with E-state index in [4.69, 9.17) is 11.0 Å². The third-order valence-electron chi connectivity index (χ3n) is 0.919. The zero-order valence-corrected chi connectivity index (χ0v) is 6.12. The van der Waals surface area contributed by atoms with E-state index in [1.807, 2.05) is 0 Å². The number of carboxylic acid groups (broad SMARTS) is 1. The van der Waals surface area contributed by atoms with Gasteiger partial charge in [-0.3, -0.25) is 0 Å². The Bertz CT molecular complexity index is 136. The van der Waals surface area contributed by atoms with Gasteiger partial charge in [-0.2, -0.15) is 0 Å². The lowest BCUT2D eigenvalue weighted by molar-refractivity contribution is -0.131. The van der Waals surface area contributed by atoms with Gasteiger partial charge in [-0.15, -0.1) is 0 Å². The number of carboxylic acids is 1. The van der Waals surface area contributed by atoms with E-state index in [-0.39, 0.29) is 0 Å². The predicted octanol–water partition coefficient (Wildman–Crippen LogP) is -0.893. The van der Waals surface area contributed by atoms with Gasteiger partial charge in [0.15, 0.2) is 0 Å². The minimum absolute atomic E-state index is 0.418. The van der Waals surface area contributed by atoms with Crippen molar-refractivity contribution in [2.75, 3.05) is 19.7 Å². The lowest BCUT2D eigenvalue weighted by Gasteiger charge is -1.97. The van der Waals surface area contributed by atoms with Crippen LogP contribution >= 0.6 is 0 Å². The summed E-state index contributed by atoms with van der Waals surface area (Å²) in [4.78, 5) is 14.2. The summed E-state index contributed by atoms with van der Waals surface area (Å²) in [6.45, 7) is 1.54. The molecule has 0 fully saturated rings. The number of nitrogens with two attached hydrogens (primary N) is 1. The fraction of sp³-hybridized carbons (Fsp3) is 0.500. The van der Waals surface area contributed by atoms with Gasteiger partial charge in [-0.05, 0) is 0 Å². The smallest absolute Gasteiger partial charge is 0.328 e. The number of nitrogens with one attached hydrogen (secondary N) is 1. The zero-order chi connectivity index (χ0) is 8.53. The van der Waals surface area contributed by atoms with Crippen LogP contribution in [0.5, 0.6) is 0 Å². The average molecular weight is 160 g/mol. The van der Waals surface area contributed by atoms with Crippen molar-refractivity contribution in [1.82, 2.24) is 5.32 Å². The van der Waals surface area contributed by atoms with Crippen LogP contribution < -0.4 is 11.2 Å². The molecule has 0 spiro atoms. The fourth-order valence-corrected chi connectivity index (χ4v) is 0.476. The Labute approximate surface area is 64.8 Å². The molecule has 4 N–H and O–H groups in total. The van der Waals surface area contributed by atoms with Crippen molar-refractivity contribution in [3.05, 3.63) is 12.2 Å². The van der Waals surface area contributed by atoms with E-state index < -0.39 is 5.97 Å². The maximum absolute atomic E-state index is 9.93. The molecule has 0 aliphatic heterocycles. The molecule has 0 aromatic heterocycles. The number of rotatable bonds is 6. The van der Waals surface area contributed by atoms with Gasteiger partial charge in [0.2, 0.25) is 0 Å². The highest BCUT2D eigenvalue weighted by atomic mass is 16.6. The second-order valence-corrected chi connectivity index (χ2v) is 1.82. The predicted molar refractivity (Wildman–Crippen MR) is 39.8 cm³/mol. The Balaban J connectivity index is 3.07. The van der Waals surface area contributed by atoms with Gasteiger partial charge in [-0.1, -0.05) is 6.08 Å². The highest BCUT2D eigenvalue weighted by Crippen LogP contribution is 1.70. The Hall–Kier alpha value is -0.910. The molecule has 0 unspecified atom stereocenters. The minimum Gasteiger partial charge on any atom is -0.478 e. The van der Waals surface area contributed by atoms with Crippen molar-refractivity contribution in [3.63, 3.8) is 0 Å². The van der Waals surface area contributed by atoms with Crippen LogP contribution in [0.3, 0.4) is 0 Å². The molecule has 0 atom stereocenters. The van der Waals surface area contributed by atoms with E-state index in [1.165, 1.54) is 6.08 Å². The molecule has 0 heterocycles. The first kappa shape index (κ1) is 10.1. The summed E-state index contributed by atoms with van der Waals surface area (Å²) in [7, 11) is 0. The quantitative estimate of drug-likeness (QED) is 0.266. The second kappa shape index (κ2) is 7.20. The van der Waals surface area contributed by atoms with E-state index in [9.17, 15) is 4.79 Å². The molecule has 0 rings (SSSR count). The summed E-state index contributed by atoms with van der Waals surface area (Å²) in [6, 6.07) is 0. The van der Waals surface area contributed by atoms with Gasteiger partial charge in [0.25, 0.3) is 0 Å². The molecule has 5 nitrogen and oxygen atoms in total. The van der Waals surface area contributed by atoms with E-state index in [1.54, 1.807) is 0 Å². The lowest BCUT2D eigenvalue weighted by atomic mass is 10.5. The van der Waals surface area contributed by atoms with Crippen molar-refractivity contribution < 1.29 is 14.7 Å². The molecular formula is C6H12N2O3. The highest BCUT2D eigenvalue weighted by Gasteiger charge is 1.84. The maximum Gasteiger partial charge on any atom is 0.328 e. The van der Waals surface area contributed by atoms with Crippen molar-refractivity contribution in [2.45, 2.75) is 0 Å². The van der Waals surface area contributed by atoms with Crippen molar-refractivity contribution in [1.29, 1.82) is 0 Å². The minimum atomic E-state index is -0.943. The summed E-state index contributed by atoms with van der Waals surface area (Å²) in [5.74, 6) is 3.80. The lowest BCUT2D eigenvalue weighted by Crippen LogP contribution is -2.21. The van der Waals surface area contributed by atoms with E-state index >= 15 is 0 Å². The van der Waals surface area contributed by atoms with Crippen LogP contribution in [0.25, 0.3) is 0 Å². The van der Waals surface area contributed by atoms with Gasteiger partial charge in [0.1, 0.15) is 0 Å². The monoisotopic (exact) mass is 160 g/mol. The van der Waals surface area contributed by atoms with Crippen LogP contribution in [0.2, 0.25) is 0 Å². The van der Waals surface area contributed by atoms with Crippen LogP contribution in [-0.2, 0) is 9.63 Å². The summed E-state index contributed by atoms with van der Waals surface area (Å²) < 4.78 is 0. The van der Waals surface area contributed by atoms with E-state index in [2.05, 4.69) is 10.2 Å². The second-order valence-electron chi connectivity index (χ2n) is 1.82. The largest absolute Gasteiger partial charge is 0.478 e. The molecule has 0 amide bonds. The molecule has 11 heavy (non-hydrogen) atoms. The number of aliphatic carboxylic acids is 1. The molecule has 0 radical (unpaired) electrons. The molecule has 0 saturated carbocycles. The van der Waals surface area contributed by atoms with E-state index in [0.717, 1.165) is 6.08 Å². The van der Waals surface area contributed by atoms with Crippen LogP contribution in [0, 0.1) is 0 Å². The Kier molecular flexibility index (Phi) is 6.60. The topological polar surface area (TPSA) is 84.6 Å². The maximum atomic E-state index is 9.93. The summed E-state index contributed by atoms with van der Waals surface area (Å²) in [5, 5.41) is 11.0. The number of carbonyl (C=O) groups is 1. The van der Waals surface area contributed by atoms with Crippen molar-refractivity contribution >= 4 is 5.97 Å². The molecule has 5 heteroatoms. The van der Waals surface area contributed by atoms with Crippen LogP contribution in [0.15, 0.2) is 12.2 Å². The SMILES string of the molecule is NOCCNCC=CC(=O)O. The van der Waals surface area contributed by atoms with Crippen LogP contribution in [-0.4, -0.2) is 30.8 Å². The van der Waals surface area contributed by atoms with Gasteiger partial charge in [0, 0.05) is 19.2 Å². The Morgan fingerprint density at radius 1 is 1.73 bits per heavy atom. The van der Waals surface area contributed by atoms with Crippen LogP contribution in [0.1, 0.15) is 0 Å². The van der Waals surface area contributed by atoms with Gasteiger partial charge >= 0.3 is 5.97 Å². The molecule has 0 aromatic rings. The first-order valence-corrected chi connectivity index (χ1v) is 3.19. The summed E-state index contributed by atoms with van der Waals surface area (Å²) in [6.07, 6.45) is 2.59. The fourth-order valence-electron chi connectivity index (χ4n) is 0.476. The van der Waals surface area contributed by atoms with Crippen molar-refractivity contribution in [3.8, 4) is 0 Å². The molecular weight excluding hydrogens is 148 g/mol. The molecule has 0 bridgehead atoms. The zero-order valence-electron chi connectivity index (χ0n) is 6.12. The van der Waals surface area contributed by atoms with Crippen LogP contribution in [0.4, 0.5) is 0 Å². The Morgan fingerprint density at radius 3 is 3.00 bits per heavy atom. The first-order chi connectivity index (χ1) is 5.27. The average Bonchev–Trinajstić information content (AvgIpc) is 1.96. The van der Waals surface area contributed by atoms with Gasteiger partial charge < -0.3 is 15.3 Å². The highest BCUT2D eigenvalue weighted by molar-refractivity contribution is 5.79. The molecule has 0 aliphatic rings. The Morgan fingerprint density at radius 2 is 2.45 bits per heavy atom. The van der Waals surface area contributed by atoms with Gasteiger partial charge in [-0.25, -0.2) is 10.7 Å². The number of hydrogen-bond acceptors (Lipinski definition) is 4. The number of hydrogen-bond donors (Lipinski definition) is 3. The summed E-state index contributed by atoms with van der Waals surface area (Å²) >= 11 is 0. The normalized spacial score (nSPS) is 10.6. The van der Waals surface area contributed by atoms with E-state index in [0.29, 0.717) is 19.7 Å². The third kappa shape index (κ3) is 9.09. The molecule has 0 saturated heterocycles. The molecule has 64 valence electrons. The van der Waals surface area contributed by atoms with Gasteiger partial charge in [0.05, 0.1) is 6.61 Å². The van der Waals surface area contributed by atoms with Crippen molar-refractivity contribution in [2.24, 2.45) is 5.90 Å².